The van der Waals surface area contributed by atoms with Crippen LogP contribution in [0.3, 0.4) is 0 Å². The number of hydrogen-bond donors (Lipinski definition) is 2. The lowest BCUT2D eigenvalue weighted by Crippen LogP contribution is -2.49. The molecule has 8 heteroatoms. The lowest BCUT2D eigenvalue weighted by molar-refractivity contribution is -0.133. The largest absolute Gasteiger partial charge is 0.339 e. The SMILES string of the molecule is Cc1ccc(Nc2c(-c3cc(F)ccc3F)nc3n2C=CN(C(=O)C(C)(C)N)C3)cc1. The Morgan fingerprint density at radius 2 is 1.84 bits per heavy atom. The monoisotopic (exact) mass is 423 g/mol. The molecule has 4 rings (SSSR count). The average molecular weight is 423 g/mol. The number of nitrogens with one attached hydrogen (secondary N) is 1. The van der Waals surface area contributed by atoms with Crippen LogP contribution in [0.1, 0.15) is 25.2 Å². The summed E-state index contributed by atoms with van der Waals surface area (Å²) in [5, 5.41) is 3.26. The van der Waals surface area contributed by atoms with E-state index < -0.39 is 17.2 Å². The van der Waals surface area contributed by atoms with Gasteiger partial charge in [0, 0.05) is 23.7 Å². The number of aryl methyl sites for hydroxylation is 1. The van der Waals surface area contributed by atoms with Gasteiger partial charge >= 0.3 is 0 Å². The second kappa shape index (κ2) is 7.63. The van der Waals surface area contributed by atoms with Crippen LogP contribution < -0.4 is 11.1 Å². The number of benzene rings is 2. The van der Waals surface area contributed by atoms with Crippen LogP contribution in [-0.2, 0) is 11.3 Å². The summed E-state index contributed by atoms with van der Waals surface area (Å²) >= 11 is 0. The van der Waals surface area contributed by atoms with Crippen molar-refractivity contribution in [2.24, 2.45) is 5.73 Å². The van der Waals surface area contributed by atoms with Gasteiger partial charge in [0.2, 0.25) is 5.91 Å². The normalized spacial score (nSPS) is 13.3. The maximum atomic E-state index is 14.6. The molecule has 0 atom stereocenters. The fourth-order valence-electron chi connectivity index (χ4n) is 3.37. The van der Waals surface area contributed by atoms with Crippen molar-refractivity contribution in [3.63, 3.8) is 0 Å². The van der Waals surface area contributed by atoms with Crippen LogP contribution in [0.5, 0.6) is 0 Å². The minimum atomic E-state index is -1.06. The van der Waals surface area contributed by atoms with E-state index in [4.69, 9.17) is 5.73 Å². The molecule has 3 N–H and O–H groups in total. The Kier molecular flexibility index (Phi) is 5.10. The minimum absolute atomic E-state index is 0.0296. The molecule has 0 aliphatic carbocycles. The van der Waals surface area contributed by atoms with E-state index >= 15 is 0 Å². The highest BCUT2D eigenvalue weighted by Crippen LogP contribution is 2.35. The molecule has 0 saturated heterocycles. The van der Waals surface area contributed by atoms with Crippen molar-refractivity contribution < 1.29 is 13.6 Å². The predicted octanol–water partition coefficient (Wildman–Crippen LogP) is 4.39. The third-order valence-electron chi connectivity index (χ3n) is 5.00. The summed E-state index contributed by atoms with van der Waals surface area (Å²) in [6.07, 6.45) is 3.27. The highest BCUT2D eigenvalue weighted by Gasteiger charge is 2.31. The van der Waals surface area contributed by atoms with E-state index in [9.17, 15) is 13.6 Å². The number of anilines is 2. The van der Waals surface area contributed by atoms with Crippen LogP contribution >= 0.6 is 0 Å². The molecule has 2 heterocycles. The Hall–Kier alpha value is -3.52. The molecular weight excluding hydrogens is 400 g/mol. The third kappa shape index (κ3) is 4.06. The number of carbonyl (C=O) groups is 1. The number of nitrogens with two attached hydrogens (primary N) is 1. The van der Waals surface area contributed by atoms with E-state index in [-0.39, 0.29) is 23.7 Å². The standard InChI is InChI=1S/C23H23F2N5O/c1-14-4-7-16(8-5-14)27-21-20(17-12-15(24)6-9-18(17)25)28-19-13-29(10-11-30(19)21)22(31)23(2,3)26/h4-12,27H,13,26H2,1-3H3. The molecule has 0 radical (unpaired) electrons. The zero-order valence-corrected chi connectivity index (χ0v) is 17.5. The molecule has 2 aromatic carbocycles. The summed E-state index contributed by atoms with van der Waals surface area (Å²) in [4.78, 5) is 18.6. The first-order chi connectivity index (χ1) is 14.6. The summed E-state index contributed by atoms with van der Waals surface area (Å²) in [5.74, 6) is -0.471. The van der Waals surface area contributed by atoms with Crippen molar-refractivity contribution in [3.05, 3.63) is 71.7 Å². The average Bonchev–Trinajstić information content (AvgIpc) is 3.07. The first-order valence-electron chi connectivity index (χ1n) is 9.82. The van der Waals surface area contributed by atoms with Crippen molar-refractivity contribution in [2.75, 3.05) is 5.32 Å². The Morgan fingerprint density at radius 3 is 2.52 bits per heavy atom. The molecule has 1 aliphatic rings. The van der Waals surface area contributed by atoms with Crippen molar-refractivity contribution in [1.82, 2.24) is 14.5 Å². The van der Waals surface area contributed by atoms with E-state index in [1.807, 2.05) is 31.2 Å². The van der Waals surface area contributed by atoms with Gasteiger partial charge in [-0.3, -0.25) is 9.36 Å². The molecule has 1 aliphatic heterocycles. The fourth-order valence-corrected chi connectivity index (χ4v) is 3.37. The molecule has 0 unspecified atom stereocenters. The lowest BCUT2D eigenvalue weighted by Gasteiger charge is -2.28. The zero-order valence-electron chi connectivity index (χ0n) is 17.5. The molecule has 160 valence electrons. The highest BCUT2D eigenvalue weighted by atomic mass is 19.1. The van der Waals surface area contributed by atoms with Gasteiger partial charge in [-0.2, -0.15) is 0 Å². The van der Waals surface area contributed by atoms with Crippen molar-refractivity contribution >= 4 is 23.6 Å². The molecule has 0 saturated carbocycles. The van der Waals surface area contributed by atoms with E-state index in [2.05, 4.69) is 10.3 Å². The summed E-state index contributed by atoms with van der Waals surface area (Å²) in [5.41, 5.74) is 7.03. The number of rotatable bonds is 4. The molecular formula is C23H23F2N5O. The van der Waals surface area contributed by atoms with Gasteiger partial charge in [0.25, 0.3) is 0 Å². The van der Waals surface area contributed by atoms with Gasteiger partial charge in [0.1, 0.15) is 29.0 Å². The van der Waals surface area contributed by atoms with E-state index in [1.165, 1.54) is 4.90 Å². The maximum absolute atomic E-state index is 14.6. The molecule has 1 amide bonds. The number of halogens is 2. The molecule has 31 heavy (non-hydrogen) atoms. The Labute approximate surface area is 179 Å². The van der Waals surface area contributed by atoms with E-state index in [1.54, 1.807) is 30.8 Å². The lowest BCUT2D eigenvalue weighted by atomic mass is 10.1. The summed E-state index contributed by atoms with van der Waals surface area (Å²) < 4.78 is 30.3. The fraction of sp³-hybridized carbons (Fsp3) is 0.217. The van der Waals surface area contributed by atoms with Gasteiger partial charge in [-0.1, -0.05) is 17.7 Å². The third-order valence-corrected chi connectivity index (χ3v) is 5.00. The van der Waals surface area contributed by atoms with Gasteiger partial charge in [-0.05, 0) is 51.1 Å². The van der Waals surface area contributed by atoms with Gasteiger partial charge in [-0.25, -0.2) is 13.8 Å². The second-order valence-corrected chi connectivity index (χ2v) is 8.16. The number of fused-ring (bicyclic) bond motifs is 1. The second-order valence-electron chi connectivity index (χ2n) is 8.16. The van der Waals surface area contributed by atoms with Crippen molar-refractivity contribution in [1.29, 1.82) is 0 Å². The molecule has 6 nitrogen and oxygen atoms in total. The molecule has 1 aromatic heterocycles. The van der Waals surface area contributed by atoms with Crippen LogP contribution in [0.2, 0.25) is 0 Å². The number of nitrogens with zero attached hydrogens (tertiary/aromatic N) is 3. The summed E-state index contributed by atoms with van der Waals surface area (Å²) in [6.45, 7) is 5.38. The van der Waals surface area contributed by atoms with Gasteiger partial charge in [0.15, 0.2) is 0 Å². The molecule has 0 fully saturated rings. The smallest absolute Gasteiger partial charge is 0.246 e. The van der Waals surface area contributed by atoms with Gasteiger partial charge < -0.3 is 16.0 Å². The van der Waals surface area contributed by atoms with Crippen LogP contribution in [0.25, 0.3) is 17.5 Å². The Morgan fingerprint density at radius 1 is 1.13 bits per heavy atom. The summed E-state index contributed by atoms with van der Waals surface area (Å²) in [7, 11) is 0. The number of hydrogen-bond acceptors (Lipinski definition) is 4. The zero-order chi connectivity index (χ0) is 22.3. The maximum Gasteiger partial charge on any atom is 0.246 e. The topological polar surface area (TPSA) is 76.2 Å². The molecule has 0 spiro atoms. The highest BCUT2D eigenvalue weighted by molar-refractivity contribution is 5.87. The van der Waals surface area contributed by atoms with E-state index in [0.717, 1.165) is 29.4 Å². The van der Waals surface area contributed by atoms with Gasteiger partial charge in [0.05, 0.1) is 12.1 Å². The molecule has 3 aromatic rings. The number of aromatic nitrogens is 2. The van der Waals surface area contributed by atoms with Crippen LogP contribution in [-0.4, -0.2) is 25.9 Å². The van der Waals surface area contributed by atoms with Crippen LogP contribution in [0.15, 0.2) is 48.7 Å². The van der Waals surface area contributed by atoms with Crippen molar-refractivity contribution in [3.8, 4) is 11.3 Å². The molecule has 0 bridgehead atoms. The summed E-state index contributed by atoms with van der Waals surface area (Å²) in [6, 6.07) is 10.9. The van der Waals surface area contributed by atoms with Crippen LogP contribution in [0.4, 0.5) is 20.3 Å². The van der Waals surface area contributed by atoms with Crippen LogP contribution in [0, 0.1) is 18.6 Å². The Bertz CT molecular complexity index is 1180. The number of amides is 1. The quantitative estimate of drug-likeness (QED) is 0.653. The van der Waals surface area contributed by atoms with Crippen molar-refractivity contribution in [2.45, 2.75) is 32.9 Å². The first-order valence-corrected chi connectivity index (χ1v) is 9.82. The predicted molar refractivity (Wildman–Crippen MR) is 116 cm³/mol. The van der Waals surface area contributed by atoms with Gasteiger partial charge in [-0.15, -0.1) is 0 Å². The van der Waals surface area contributed by atoms with E-state index in [0.29, 0.717) is 11.6 Å². The number of imidazole rings is 1. The first kappa shape index (κ1) is 20.7. The Balaban J connectivity index is 1.81. The minimum Gasteiger partial charge on any atom is -0.339 e. The number of carbonyl (C=O) groups excluding carboxylic acids is 1.